The van der Waals surface area contributed by atoms with Crippen molar-refractivity contribution >= 4 is 11.6 Å². The number of hydrogen-bond donors (Lipinski definition) is 1. The van der Waals surface area contributed by atoms with Crippen molar-refractivity contribution < 1.29 is 9.50 Å². The van der Waals surface area contributed by atoms with Crippen molar-refractivity contribution in [2.24, 2.45) is 0 Å². The lowest BCUT2D eigenvalue weighted by molar-refractivity contribution is 0.282. The van der Waals surface area contributed by atoms with Crippen LogP contribution in [0.15, 0.2) is 36.5 Å². The molecule has 0 aliphatic carbocycles. The Morgan fingerprint density at radius 1 is 1.31 bits per heavy atom. The molecule has 0 unspecified atom stereocenters. The Hall–Kier alpha value is -1.45. The van der Waals surface area contributed by atoms with Crippen LogP contribution in [-0.4, -0.2) is 10.1 Å². The van der Waals surface area contributed by atoms with Crippen molar-refractivity contribution in [3.63, 3.8) is 0 Å². The van der Waals surface area contributed by atoms with E-state index in [1.807, 2.05) is 0 Å². The van der Waals surface area contributed by atoms with Crippen LogP contribution >= 0.6 is 11.6 Å². The zero-order valence-electron chi connectivity index (χ0n) is 8.32. The van der Waals surface area contributed by atoms with E-state index in [0.717, 1.165) is 0 Å². The maximum atomic E-state index is 13.5. The Bertz CT molecular complexity index is 516. The monoisotopic (exact) mass is 237 g/mol. The average Bonchev–Trinajstić information content (AvgIpc) is 2.31. The molecule has 4 heteroatoms. The molecule has 1 N–H and O–H groups in total. The highest BCUT2D eigenvalue weighted by Crippen LogP contribution is 2.24. The smallest absolute Gasteiger partial charge is 0.132 e. The number of pyridine rings is 1. The van der Waals surface area contributed by atoms with Crippen LogP contribution in [0.5, 0.6) is 0 Å². The van der Waals surface area contributed by atoms with Crippen LogP contribution < -0.4 is 0 Å². The van der Waals surface area contributed by atoms with Gasteiger partial charge in [0.2, 0.25) is 0 Å². The van der Waals surface area contributed by atoms with Gasteiger partial charge in [-0.1, -0.05) is 23.7 Å². The second-order valence-electron chi connectivity index (χ2n) is 3.30. The molecular formula is C12H9ClFNO. The molecule has 0 spiro atoms. The molecule has 0 amide bonds. The zero-order chi connectivity index (χ0) is 11.5. The summed E-state index contributed by atoms with van der Waals surface area (Å²) < 4.78 is 13.5. The minimum absolute atomic E-state index is 0.192. The largest absolute Gasteiger partial charge is 0.392 e. The molecule has 1 aromatic heterocycles. The quantitative estimate of drug-likeness (QED) is 0.871. The number of nitrogens with zero attached hydrogens (tertiary/aromatic N) is 1. The fourth-order valence-corrected chi connectivity index (χ4v) is 1.58. The lowest BCUT2D eigenvalue weighted by Gasteiger charge is -2.05. The van der Waals surface area contributed by atoms with Crippen LogP contribution in [0.25, 0.3) is 11.3 Å². The molecule has 1 heterocycles. The molecule has 82 valence electrons. The van der Waals surface area contributed by atoms with E-state index < -0.39 is 0 Å². The summed E-state index contributed by atoms with van der Waals surface area (Å²) >= 11 is 5.81. The Balaban J connectivity index is 2.53. The third kappa shape index (κ3) is 2.05. The van der Waals surface area contributed by atoms with Crippen molar-refractivity contribution in [1.29, 1.82) is 0 Å². The second-order valence-corrected chi connectivity index (χ2v) is 3.71. The third-order valence-electron chi connectivity index (χ3n) is 2.25. The number of aliphatic hydroxyl groups excluding tert-OH is 1. The SMILES string of the molecule is OCc1cc(-c2ccccc2F)ncc1Cl. The van der Waals surface area contributed by atoms with Crippen LogP contribution in [0, 0.1) is 5.82 Å². The van der Waals surface area contributed by atoms with E-state index in [-0.39, 0.29) is 12.4 Å². The molecular weight excluding hydrogens is 229 g/mol. The summed E-state index contributed by atoms with van der Waals surface area (Å²) in [5.74, 6) is -0.346. The Labute approximate surface area is 97.3 Å². The summed E-state index contributed by atoms with van der Waals surface area (Å²) in [4.78, 5) is 4.03. The molecule has 0 aliphatic heterocycles. The number of aliphatic hydroxyl groups is 1. The number of hydrogen-bond acceptors (Lipinski definition) is 2. The third-order valence-corrected chi connectivity index (χ3v) is 2.60. The van der Waals surface area contributed by atoms with E-state index in [0.29, 0.717) is 21.8 Å². The first kappa shape index (κ1) is 11.0. The van der Waals surface area contributed by atoms with E-state index in [1.54, 1.807) is 24.3 Å². The zero-order valence-corrected chi connectivity index (χ0v) is 9.08. The van der Waals surface area contributed by atoms with Gasteiger partial charge in [-0.3, -0.25) is 4.98 Å². The Morgan fingerprint density at radius 3 is 2.75 bits per heavy atom. The predicted molar refractivity (Wildman–Crippen MR) is 60.6 cm³/mol. The lowest BCUT2D eigenvalue weighted by Crippen LogP contribution is -1.92. The van der Waals surface area contributed by atoms with E-state index in [1.165, 1.54) is 12.3 Å². The molecule has 1 aromatic carbocycles. The fourth-order valence-electron chi connectivity index (χ4n) is 1.42. The van der Waals surface area contributed by atoms with E-state index in [2.05, 4.69) is 4.98 Å². The van der Waals surface area contributed by atoms with Gasteiger partial charge in [0.25, 0.3) is 0 Å². The van der Waals surface area contributed by atoms with Crippen LogP contribution in [0.4, 0.5) is 4.39 Å². The van der Waals surface area contributed by atoms with Gasteiger partial charge in [0.05, 0.1) is 17.3 Å². The summed E-state index contributed by atoms with van der Waals surface area (Å²) in [5.41, 5.74) is 1.40. The molecule has 2 nitrogen and oxygen atoms in total. The van der Waals surface area contributed by atoms with Crippen molar-refractivity contribution in [2.75, 3.05) is 0 Å². The van der Waals surface area contributed by atoms with Crippen molar-refractivity contribution in [3.8, 4) is 11.3 Å². The highest BCUT2D eigenvalue weighted by Gasteiger charge is 2.08. The van der Waals surface area contributed by atoms with Gasteiger partial charge in [0.1, 0.15) is 5.82 Å². The minimum Gasteiger partial charge on any atom is -0.392 e. The molecule has 0 saturated heterocycles. The Morgan fingerprint density at radius 2 is 2.06 bits per heavy atom. The summed E-state index contributed by atoms with van der Waals surface area (Å²) in [6.07, 6.45) is 1.41. The van der Waals surface area contributed by atoms with Crippen LogP contribution in [0.1, 0.15) is 5.56 Å². The van der Waals surface area contributed by atoms with Gasteiger partial charge in [-0.2, -0.15) is 0 Å². The molecule has 16 heavy (non-hydrogen) atoms. The molecule has 0 radical (unpaired) electrons. The maximum absolute atomic E-state index is 13.5. The molecule has 2 aromatic rings. The number of aromatic nitrogens is 1. The second kappa shape index (κ2) is 4.60. The number of benzene rings is 1. The van der Waals surface area contributed by atoms with Crippen LogP contribution in [-0.2, 0) is 6.61 Å². The first-order valence-electron chi connectivity index (χ1n) is 4.72. The van der Waals surface area contributed by atoms with Crippen LogP contribution in [0.3, 0.4) is 0 Å². The first-order valence-corrected chi connectivity index (χ1v) is 5.10. The standard InChI is InChI=1S/C12H9ClFNO/c13-10-6-15-12(5-8(10)7-16)9-3-1-2-4-11(9)14/h1-6,16H,7H2. The number of halogens is 2. The molecule has 2 rings (SSSR count). The molecule has 0 bridgehead atoms. The topological polar surface area (TPSA) is 33.1 Å². The predicted octanol–water partition coefficient (Wildman–Crippen LogP) is 3.03. The van der Waals surface area contributed by atoms with Gasteiger partial charge < -0.3 is 5.11 Å². The average molecular weight is 238 g/mol. The van der Waals surface area contributed by atoms with Crippen molar-refractivity contribution in [1.82, 2.24) is 4.98 Å². The van der Waals surface area contributed by atoms with Crippen molar-refractivity contribution in [3.05, 3.63) is 52.9 Å². The van der Waals surface area contributed by atoms with Gasteiger partial charge in [0, 0.05) is 11.8 Å². The van der Waals surface area contributed by atoms with E-state index in [4.69, 9.17) is 16.7 Å². The summed E-state index contributed by atoms with van der Waals surface area (Å²) in [6.45, 7) is -0.192. The highest BCUT2D eigenvalue weighted by molar-refractivity contribution is 6.31. The minimum atomic E-state index is -0.346. The molecule has 0 saturated carbocycles. The van der Waals surface area contributed by atoms with Gasteiger partial charge >= 0.3 is 0 Å². The molecule has 0 atom stereocenters. The molecule has 0 fully saturated rings. The fraction of sp³-hybridized carbons (Fsp3) is 0.0833. The highest BCUT2D eigenvalue weighted by atomic mass is 35.5. The van der Waals surface area contributed by atoms with Gasteiger partial charge in [-0.25, -0.2) is 4.39 Å². The lowest BCUT2D eigenvalue weighted by atomic mass is 10.1. The summed E-state index contributed by atoms with van der Waals surface area (Å²) in [5, 5.41) is 9.43. The van der Waals surface area contributed by atoms with Gasteiger partial charge in [-0.05, 0) is 23.8 Å². The summed E-state index contributed by atoms with van der Waals surface area (Å²) in [6, 6.07) is 7.92. The van der Waals surface area contributed by atoms with Crippen LogP contribution in [0.2, 0.25) is 5.02 Å². The Kier molecular flexibility index (Phi) is 3.17. The van der Waals surface area contributed by atoms with Crippen molar-refractivity contribution in [2.45, 2.75) is 6.61 Å². The van der Waals surface area contributed by atoms with Gasteiger partial charge in [0.15, 0.2) is 0 Å². The maximum Gasteiger partial charge on any atom is 0.132 e. The van der Waals surface area contributed by atoms with E-state index >= 15 is 0 Å². The first-order chi connectivity index (χ1) is 7.72. The number of rotatable bonds is 2. The normalized spacial score (nSPS) is 10.4. The van der Waals surface area contributed by atoms with Gasteiger partial charge in [-0.15, -0.1) is 0 Å². The molecule has 0 aliphatic rings. The van der Waals surface area contributed by atoms with E-state index in [9.17, 15) is 4.39 Å². The summed E-state index contributed by atoms with van der Waals surface area (Å²) in [7, 11) is 0.